The van der Waals surface area contributed by atoms with Crippen molar-refractivity contribution >= 4 is 12.0 Å². The van der Waals surface area contributed by atoms with Crippen LogP contribution in [0, 0.1) is 0 Å². The van der Waals surface area contributed by atoms with Gasteiger partial charge in [-0.2, -0.15) is 0 Å². The summed E-state index contributed by atoms with van der Waals surface area (Å²) in [7, 11) is 0. The zero-order valence-corrected chi connectivity index (χ0v) is 6.86. The predicted octanol–water partition coefficient (Wildman–Crippen LogP) is 1.79. The number of hydrogen-bond donors (Lipinski definition) is 1. The van der Waals surface area contributed by atoms with Crippen LogP contribution in [0.4, 0.5) is 0 Å². The summed E-state index contributed by atoms with van der Waals surface area (Å²) < 4.78 is 5.28. The van der Waals surface area contributed by atoms with Gasteiger partial charge in [0, 0.05) is 5.56 Å². The van der Waals surface area contributed by atoms with Crippen molar-refractivity contribution in [2.45, 2.75) is 0 Å². The van der Waals surface area contributed by atoms with E-state index in [2.05, 4.69) is 0 Å². The maximum Gasteiger partial charge on any atom is 0.335 e. The summed E-state index contributed by atoms with van der Waals surface area (Å²) in [6.07, 6.45) is 3.72. The number of benzene rings is 1. The van der Waals surface area contributed by atoms with E-state index in [1.54, 1.807) is 18.2 Å². The Hall–Kier alpha value is -1.77. The Labute approximate surface area is 75.3 Å². The maximum absolute atomic E-state index is 10.6. The van der Waals surface area contributed by atoms with E-state index in [-0.39, 0.29) is 5.56 Å². The first-order chi connectivity index (χ1) is 6.27. The molecule has 1 aromatic carbocycles. The van der Waals surface area contributed by atoms with Gasteiger partial charge in [-0.3, -0.25) is 0 Å². The van der Waals surface area contributed by atoms with Crippen molar-refractivity contribution < 1.29 is 14.6 Å². The van der Waals surface area contributed by atoms with Gasteiger partial charge >= 0.3 is 5.97 Å². The molecular weight excluding hydrogens is 168 g/mol. The molecule has 0 unspecified atom stereocenters. The van der Waals surface area contributed by atoms with Gasteiger partial charge in [0.05, 0.1) is 5.56 Å². The minimum atomic E-state index is -0.915. The molecule has 1 aliphatic rings. The summed E-state index contributed by atoms with van der Waals surface area (Å²) in [6, 6.07) is 4.83. The van der Waals surface area contributed by atoms with E-state index in [4.69, 9.17) is 9.84 Å². The fraction of sp³-hybridized carbons (Fsp3) is 0.100. The van der Waals surface area contributed by atoms with E-state index in [1.807, 2.05) is 12.2 Å². The minimum Gasteiger partial charge on any atom is -0.489 e. The number of ether oxygens (including phenoxy) is 1. The fourth-order valence-electron chi connectivity index (χ4n) is 1.26. The Morgan fingerprint density at radius 2 is 2.31 bits per heavy atom. The summed E-state index contributed by atoms with van der Waals surface area (Å²) in [5.41, 5.74) is 1.11. The van der Waals surface area contributed by atoms with E-state index in [9.17, 15) is 4.79 Å². The highest BCUT2D eigenvalue weighted by Gasteiger charge is 2.09. The van der Waals surface area contributed by atoms with Crippen LogP contribution in [0.5, 0.6) is 5.75 Å². The first-order valence-electron chi connectivity index (χ1n) is 3.94. The van der Waals surface area contributed by atoms with Crippen LogP contribution in [-0.4, -0.2) is 17.7 Å². The molecule has 1 heterocycles. The first-order valence-corrected chi connectivity index (χ1v) is 3.94. The second-order valence-corrected chi connectivity index (χ2v) is 2.77. The molecule has 0 radical (unpaired) electrons. The summed E-state index contributed by atoms with van der Waals surface area (Å²) in [6.45, 7) is 0.555. The molecule has 2 rings (SSSR count). The quantitative estimate of drug-likeness (QED) is 0.709. The van der Waals surface area contributed by atoms with Gasteiger partial charge in [-0.05, 0) is 24.3 Å². The molecule has 1 aromatic rings. The Bertz CT molecular complexity index is 380. The van der Waals surface area contributed by atoms with Crippen LogP contribution in [0.1, 0.15) is 15.9 Å². The monoisotopic (exact) mass is 176 g/mol. The van der Waals surface area contributed by atoms with E-state index in [0.717, 1.165) is 11.3 Å². The van der Waals surface area contributed by atoms with Crippen molar-refractivity contribution in [1.82, 2.24) is 0 Å². The first kappa shape index (κ1) is 7.86. The zero-order chi connectivity index (χ0) is 9.26. The molecule has 0 fully saturated rings. The zero-order valence-electron chi connectivity index (χ0n) is 6.86. The lowest BCUT2D eigenvalue weighted by Crippen LogP contribution is -2.02. The summed E-state index contributed by atoms with van der Waals surface area (Å²) >= 11 is 0. The van der Waals surface area contributed by atoms with Gasteiger partial charge in [0.15, 0.2) is 0 Å². The third-order valence-electron chi connectivity index (χ3n) is 1.89. The number of carboxylic acids is 1. The SMILES string of the molecule is O=C(O)c1ccc2c(c1)C=CCO2. The fourth-order valence-corrected chi connectivity index (χ4v) is 1.26. The minimum absolute atomic E-state index is 0.286. The number of hydrogen-bond acceptors (Lipinski definition) is 2. The van der Waals surface area contributed by atoms with Crippen molar-refractivity contribution in [2.24, 2.45) is 0 Å². The number of rotatable bonds is 1. The Kier molecular flexibility index (Phi) is 1.77. The number of fused-ring (bicyclic) bond motifs is 1. The summed E-state index contributed by atoms with van der Waals surface area (Å²) in [4.78, 5) is 10.6. The molecule has 0 amide bonds. The Morgan fingerprint density at radius 1 is 1.46 bits per heavy atom. The lowest BCUT2D eigenvalue weighted by molar-refractivity contribution is 0.0697. The van der Waals surface area contributed by atoms with Crippen molar-refractivity contribution in [3.63, 3.8) is 0 Å². The Morgan fingerprint density at radius 3 is 3.08 bits per heavy atom. The number of aromatic carboxylic acids is 1. The van der Waals surface area contributed by atoms with Crippen LogP contribution in [0.25, 0.3) is 6.08 Å². The number of carboxylic acid groups (broad SMARTS) is 1. The number of carbonyl (C=O) groups is 1. The molecule has 0 aliphatic carbocycles. The van der Waals surface area contributed by atoms with Gasteiger partial charge in [0.2, 0.25) is 0 Å². The predicted molar refractivity (Wildman–Crippen MR) is 47.9 cm³/mol. The third kappa shape index (κ3) is 1.40. The van der Waals surface area contributed by atoms with Crippen molar-refractivity contribution in [2.75, 3.05) is 6.61 Å². The second-order valence-electron chi connectivity index (χ2n) is 2.77. The van der Waals surface area contributed by atoms with Crippen LogP contribution in [0.2, 0.25) is 0 Å². The molecular formula is C10H8O3. The van der Waals surface area contributed by atoms with Gasteiger partial charge in [0.25, 0.3) is 0 Å². The topological polar surface area (TPSA) is 46.5 Å². The molecule has 66 valence electrons. The highest BCUT2D eigenvalue weighted by Crippen LogP contribution is 2.24. The lowest BCUT2D eigenvalue weighted by Gasteiger charge is -2.11. The maximum atomic E-state index is 10.6. The largest absolute Gasteiger partial charge is 0.489 e. The van der Waals surface area contributed by atoms with E-state index < -0.39 is 5.97 Å². The van der Waals surface area contributed by atoms with Gasteiger partial charge in [-0.1, -0.05) is 6.08 Å². The highest BCUT2D eigenvalue weighted by molar-refractivity contribution is 5.89. The smallest absolute Gasteiger partial charge is 0.335 e. The average Bonchev–Trinajstić information content (AvgIpc) is 2.17. The van der Waals surface area contributed by atoms with Crippen molar-refractivity contribution in [3.05, 3.63) is 35.4 Å². The molecule has 3 nitrogen and oxygen atoms in total. The summed E-state index contributed by atoms with van der Waals surface area (Å²) in [5, 5.41) is 8.72. The standard InChI is InChI=1S/C10H8O3/c11-10(12)8-3-4-9-7(6-8)2-1-5-13-9/h1-4,6H,5H2,(H,11,12). The molecule has 1 N–H and O–H groups in total. The second kappa shape index (κ2) is 2.94. The molecule has 0 saturated carbocycles. The van der Waals surface area contributed by atoms with Crippen LogP contribution in [0.3, 0.4) is 0 Å². The molecule has 0 spiro atoms. The lowest BCUT2D eigenvalue weighted by atomic mass is 10.1. The normalized spacial score (nSPS) is 13.2. The van der Waals surface area contributed by atoms with Gasteiger partial charge < -0.3 is 9.84 Å². The van der Waals surface area contributed by atoms with Crippen LogP contribution in [0.15, 0.2) is 24.3 Å². The highest BCUT2D eigenvalue weighted by atomic mass is 16.5. The Balaban J connectivity index is 2.48. The van der Waals surface area contributed by atoms with Gasteiger partial charge in [-0.15, -0.1) is 0 Å². The molecule has 0 bridgehead atoms. The molecule has 0 aromatic heterocycles. The van der Waals surface area contributed by atoms with Crippen LogP contribution < -0.4 is 4.74 Å². The molecule has 1 aliphatic heterocycles. The molecule has 0 saturated heterocycles. The van der Waals surface area contributed by atoms with E-state index in [0.29, 0.717) is 6.61 Å². The molecule has 3 heteroatoms. The van der Waals surface area contributed by atoms with E-state index >= 15 is 0 Å². The van der Waals surface area contributed by atoms with Gasteiger partial charge in [-0.25, -0.2) is 4.79 Å². The molecule has 0 atom stereocenters. The van der Waals surface area contributed by atoms with Crippen LogP contribution in [-0.2, 0) is 0 Å². The third-order valence-corrected chi connectivity index (χ3v) is 1.89. The van der Waals surface area contributed by atoms with Gasteiger partial charge in [0.1, 0.15) is 12.4 Å². The van der Waals surface area contributed by atoms with Crippen molar-refractivity contribution in [1.29, 1.82) is 0 Å². The van der Waals surface area contributed by atoms with Crippen LogP contribution >= 0.6 is 0 Å². The van der Waals surface area contributed by atoms with Crippen molar-refractivity contribution in [3.8, 4) is 5.75 Å². The molecule has 13 heavy (non-hydrogen) atoms. The summed E-state index contributed by atoms with van der Waals surface area (Å²) in [5.74, 6) is -0.172. The average molecular weight is 176 g/mol. The van der Waals surface area contributed by atoms with E-state index in [1.165, 1.54) is 0 Å².